The molecule has 2 heterocycles. The Morgan fingerprint density at radius 2 is 1.45 bits per heavy atom. The summed E-state index contributed by atoms with van der Waals surface area (Å²) in [7, 11) is 0. The highest BCUT2D eigenvalue weighted by molar-refractivity contribution is 7.99. The van der Waals surface area contributed by atoms with E-state index in [1.54, 1.807) is 18.2 Å². The van der Waals surface area contributed by atoms with Crippen molar-refractivity contribution < 1.29 is 4.79 Å². The molecule has 16 heteroatoms. The molecule has 0 saturated heterocycles. The Morgan fingerprint density at radius 1 is 0.864 bits per heavy atom. The highest BCUT2D eigenvalue weighted by Gasteiger charge is 2.14. The van der Waals surface area contributed by atoms with Crippen LogP contribution in [0.1, 0.15) is 22.5 Å². The molecule has 1 amide bonds. The molecule has 0 fully saturated rings. The fourth-order valence-corrected chi connectivity index (χ4v) is 4.80. The number of rotatable bonds is 8. The van der Waals surface area contributed by atoms with Gasteiger partial charge in [0, 0.05) is 17.9 Å². The van der Waals surface area contributed by atoms with Gasteiger partial charge in [0.15, 0.2) is 0 Å². The summed E-state index contributed by atoms with van der Waals surface area (Å²) in [4.78, 5) is 36.2. The van der Waals surface area contributed by atoms with Crippen molar-refractivity contribution in [2.24, 2.45) is 0 Å². The van der Waals surface area contributed by atoms with Crippen LogP contribution in [0.4, 0.5) is 5.69 Å². The molecule has 12 nitrogen and oxygen atoms in total. The van der Waals surface area contributed by atoms with Gasteiger partial charge in [-0.3, -0.25) is 19.5 Å². The number of aromatic amines is 1. The van der Waals surface area contributed by atoms with E-state index in [9.17, 15) is 14.4 Å². The molecule has 0 spiro atoms. The normalized spacial score (nSPS) is 10.5. The first-order valence-corrected chi connectivity index (χ1v) is 14.9. The summed E-state index contributed by atoms with van der Waals surface area (Å²) in [5.41, 5.74) is 2.07. The Labute approximate surface area is 270 Å². The molecule has 2 aromatic heterocycles. The zero-order valence-corrected chi connectivity index (χ0v) is 26.0. The van der Waals surface area contributed by atoms with Gasteiger partial charge in [0.1, 0.15) is 11.4 Å². The van der Waals surface area contributed by atoms with E-state index in [-0.39, 0.29) is 32.8 Å². The van der Waals surface area contributed by atoms with Crippen LogP contribution in [-0.2, 0) is 17.6 Å². The predicted octanol–water partition coefficient (Wildman–Crippen LogP) is 3.59. The van der Waals surface area contributed by atoms with Crippen molar-refractivity contribution in [1.82, 2.24) is 29.7 Å². The Hall–Kier alpha value is -4.50. The minimum absolute atomic E-state index is 0.0355. The first kappa shape index (κ1) is 32.4. The van der Waals surface area contributed by atoms with Crippen LogP contribution in [0.3, 0.4) is 0 Å². The molecule has 0 radical (unpaired) electrons. The molecule has 5 rings (SSSR count). The van der Waals surface area contributed by atoms with Crippen molar-refractivity contribution in [3.63, 3.8) is 0 Å². The maximum absolute atomic E-state index is 12.4. The van der Waals surface area contributed by atoms with Crippen LogP contribution in [0.5, 0.6) is 0 Å². The van der Waals surface area contributed by atoms with Gasteiger partial charge in [-0.05, 0) is 41.5 Å². The van der Waals surface area contributed by atoms with Crippen LogP contribution in [0.2, 0.25) is 10.0 Å². The van der Waals surface area contributed by atoms with Crippen LogP contribution in [-0.4, -0.2) is 41.4 Å². The van der Waals surface area contributed by atoms with E-state index in [0.29, 0.717) is 34.3 Å². The second-order valence-corrected chi connectivity index (χ2v) is 11.2. The van der Waals surface area contributed by atoms with E-state index in [0.717, 1.165) is 32.2 Å². The summed E-state index contributed by atoms with van der Waals surface area (Å²) in [6.45, 7) is 0. The summed E-state index contributed by atoms with van der Waals surface area (Å²) in [5, 5.41) is 18.0. The summed E-state index contributed by atoms with van der Waals surface area (Å²) in [5.74, 6) is 10.9. The molecular formula is C28H25Cl2N9O3S2. The van der Waals surface area contributed by atoms with Gasteiger partial charge < -0.3 is 17.0 Å². The molecule has 44 heavy (non-hydrogen) atoms. The number of thioether (sulfide) groups is 1. The van der Waals surface area contributed by atoms with Crippen molar-refractivity contribution in [3.8, 4) is 0 Å². The monoisotopic (exact) mass is 669 g/mol. The molecule has 0 unspecified atom stereocenters. The number of nitrogens with zero attached hydrogens (tertiary/aromatic N) is 5. The molecule has 6 N–H and O–H groups in total. The van der Waals surface area contributed by atoms with E-state index in [1.165, 1.54) is 0 Å². The standard InChI is InChI=1S/C18H15Cl2N5O2S.C10H10N4OS/c19-12-6-7-13(20)14(9-12)22-16(26)10-28-18-24-23-15(17(27)25(18)21)8-11-4-2-1-3-5-11;11-14-9(15)8(12-13-10(14)16)6-7-4-2-1-3-5-7/h1-7,9H,8,10,21H2,(H,22,26);1-5H,6,11H2,(H,13,16). The minimum Gasteiger partial charge on any atom is -0.334 e. The highest BCUT2D eigenvalue weighted by atomic mass is 35.5. The number of aromatic nitrogens is 6. The molecule has 3 aromatic carbocycles. The summed E-state index contributed by atoms with van der Waals surface area (Å²) in [6.07, 6.45) is 0.756. The third kappa shape index (κ3) is 8.76. The lowest BCUT2D eigenvalue weighted by Crippen LogP contribution is -2.34. The predicted molar refractivity (Wildman–Crippen MR) is 175 cm³/mol. The number of H-pyrrole nitrogens is 1. The van der Waals surface area contributed by atoms with Crippen LogP contribution >= 0.6 is 47.2 Å². The third-order valence-corrected chi connectivity index (χ3v) is 7.66. The average molecular weight is 671 g/mol. The van der Waals surface area contributed by atoms with Crippen LogP contribution < -0.4 is 28.1 Å². The Bertz CT molecular complexity index is 1940. The number of carbonyl (C=O) groups excluding carboxylic acids is 1. The Kier molecular flexibility index (Phi) is 11.3. The molecule has 0 atom stereocenters. The van der Waals surface area contributed by atoms with E-state index >= 15 is 0 Å². The number of nitrogen functional groups attached to an aromatic ring is 2. The minimum atomic E-state index is -0.459. The van der Waals surface area contributed by atoms with Gasteiger partial charge in [-0.15, -0.1) is 10.2 Å². The van der Waals surface area contributed by atoms with Crippen molar-refractivity contribution in [2.45, 2.75) is 18.0 Å². The number of nitrogens with one attached hydrogen (secondary N) is 2. The quantitative estimate of drug-likeness (QED) is 0.108. The largest absolute Gasteiger partial charge is 0.334 e. The van der Waals surface area contributed by atoms with E-state index in [1.807, 2.05) is 60.7 Å². The van der Waals surface area contributed by atoms with E-state index in [4.69, 9.17) is 47.1 Å². The lowest BCUT2D eigenvalue weighted by molar-refractivity contribution is -0.113. The van der Waals surface area contributed by atoms with Gasteiger partial charge in [-0.1, -0.05) is 95.6 Å². The average Bonchev–Trinajstić information content (AvgIpc) is 3.02. The zero-order chi connectivity index (χ0) is 31.6. The van der Waals surface area contributed by atoms with Gasteiger partial charge in [0.2, 0.25) is 15.8 Å². The van der Waals surface area contributed by atoms with Crippen molar-refractivity contribution in [2.75, 3.05) is 22.8 Å². The number of hydrogen-bond acceptors (Lipinski definition) is 10. The second-order valence-electron chi connectivity index (χ2n) is 9.04. The van der Waals surface area contributed by atoms with Crippen LogP contribution in [0.25, 0.3) is 0 Å². The number of anilines is 1. The van der Waals surface area contributed by atoms with E-state index in [2.05, 4.69) is 25.7 Å². The van der Waals surface area contributed by atoms with Crippen molar-refractivity contribution >= 4 is 58.8 Å². The first-order chi connectivity index (χ1) is 21.1. The summed E-state index contributed by atoms with van der Waals surface area (Å²) < 4.78 is 1.90. The molecular weight excluding hydrogens is 645 g/mol. The third-order valence-electron chi connectivity index (χ3n) is 5.86. The number of benzene rings is 3. The number of nitrogens with two attached hydrogens (primary N) is 2. The fraction of sp³-hybridized carbons (Fsp3) is 0.107. The Morgan fingerprint density at radius 3 is 2.09 bits per heavy atom. The van der Waals surface area contributed by atoms with E-state index < -0.39 is 5.56 Å². The lowest BCUT2D eigenvalue weighted by Gasteiger charge is -2.09. The van der Waals surface area contributed by atoms with Gasteiger partial charge in [-0.2, -0.15) is 14.5 Å². The van der Waals surface area contributed by atoms with Gasteiger partial charge >= 0.3 is 0 Å². The number of amides is 1. The maximum atomic E-state index is 12.4. The zero-order valence-electron chi connectivity index (χ0n) is 22.8. The lowest BCUT2D eigenvalue weighted by atomic mass is 10.1. The van der Waals surface area contributed by atoms with Gasteiger partial charge in [-0.25, -0.2) is 0 Å². The van der Waals surface area contributed by atoms with Crippen LogP contribution in [0.15, 0.2) is 93.6 Å². The molecule has 0 aliphatic carbocycles. The molecule has 0 saturated carbocycles. The summed E-state index contributed by atoms with van der Waals surface area (Å²) in [6, 6.07) is 23.7. The maximum Gasteiger partial charge on any atom is 0.295 e. The smallest absolute Gasteiger partial charge is 0.295 e. The van der Waals surface area contributed by atoms with Crippen molar-refractivity contribution in [3.05, 3.63) is 137 Å². The molecule has 0 aliphatic rings. The van der Waals surface area contributed by atoms with Gasteiger partial charge in [0.25, 0.3) is 11.1 Å². The first-order valence-electron chi connectivity index (χ1n) is 12.8. The summed E-state index contributed by atoms with van der Waals surface area (Å²) >= 11 is 17.7. The Balaban J connectivity index is 0.000000233. The highest BCUT2D eigenvalue weighted by Crippen LogP contribution is 2.25. The number of hydrogen-bond donors (Lipinski definition) is 4. The molecule has 5 aromatic rings. The molecule has 226 valence electrons. The molecule has 0 bridgehead atoms. The molecule has 0 aliphatic heterocycles. The van der Waals surface area contributed by atoms with Gasteiger partial charge in [0.05, 0.1) is 16.5 Å². The number of halogens is 2. The topological polar surface area (TPSA) is 180 Å². The second kappa shape index (κ2) is 15.3. The SMILES string of the molecule is Nn1c(=S)[nH]nc(Cc2ccccc2)c1=O.Nn1c(SCC(=O)Nc2cc(Cl)ccc2Cl)nnc(Cc2ccccc2)c1=O. The fourth-order valence-electron chi connectivity index (χ4n) is 3.68. The van der Waals surface area contributed by atoms with Crippen LogP contribution in [0, 0.1) is 4.77 Å². The number of carbonyl (C=O) groups is 1. The van der Waals surface area contributed by atoms with Crippen molar-refractivity contribution in [1.29, 1.82) is 0 Å².